The predicted octanol–water partition coefficient (Wildman–Crippen LogP) is 0.525. The average Bonchev–Trinajstić information content (AvgIpc) is 3.11. The van der Waals surface area contributed by atoms with Crippen molar-refractivity contribution < 1.29 is 9.26 Å². The van der Waals surface area contributed by atoms with E-state index < -0.39 is 0 Å². The monoisotopic (exact) mass is 281 g/mol. The average molecular weight is 281 g/mol. The number of nitrogens with two attached hydrogens (primary N) is 1. The van der Waals surface area contributed by atoms with E-state index in [9.17, 15) is 0 Å². The molecule has 0 spiro atoms. The third-order valence-corrected chi connectivity index (χ3v) is 3.57. The first-order chi connectivity index (χ1) is 9.33. The van der Waals surface area contributed by atoms with Gasteiger partial charge in [-0.2, -0.15) is 4.98 Å². The molecule has 1 unspecified atom stereocenters. The predicted molar refractivity (Wildman–Crippen MR) is 69.6 cm³/mol. The summed E-state index contributed by atoms with van der Waals surface area (Å²) in [6, 6.07) is -0.255. The summed E-state index contributed by atoms with van der Waals surface area (Å²) in [6.07, 6.45) is 0. The smallest absolute Gasteiger partial charge is 0.277 e. The van der Waals surface area contributed by atoms with Gasteiger partial charge in [0.05, 0.1) is 24.8 Å². The molecule has 1 aliphatic rings. The summed E-state index contributed by atoms with van der Waals surface area (Å²) in [6.45, 7) is 4.00. The van der Waals surface area contributed by atoms with Crippen LogP contribution in [0.3, 0.4) is 0 Å². The minimum atomic E-state index is -0.255. The summed E-state index contributed by atoms with van der Waals surface area (Å²) in [5.74, 6) is 0.947. The van der Waals surface area contributed by atoms with Crippen LogP contribution >= 0.6 is 11.3 Å². The van der Waals surface area contributed by atoms with Crippen LogP contribution in [0.1, 0.15) is 11.9 Å². The van der Waals surface area contributed by atoms with Crippen LogP contribution in [-0.4, -0.2) is 52.9 Å². The zero-order chi connectivity index (χ0) is 13.1. The topological polar surface area (TPSA) is 90.3 Å². The second-order valence-corrected chi connectivity index (χ2v) is 5.07. The minimum absolute atomic E-state index is 0.255. The molecular formula is C11H15N5O2S. The van der Waals surface area contributed by atoms with Gasteiger partial charge in [0.1, 0.15) is 5.69 Å². The van der Waals surface area contributed by atoms with E-state index in [-0.39, 0.29) is 6.04 Å². The van der Waals surface area contributed by atoms with Crippen molar-refractivity contribution in [2.75, 3.05) is 32.8 Å². The molecule has 8 heteroatoms. The summed E-state index contributed by atoms with van der Waals surface area (Å²) >= 11 is 1.49. The highest BCUT2D eigenvalue weighted by molar-refractivity contribution is 7.07. The van der Waals surface area contributed by atoms with Gasteiger partial charge in [0.2, 0.25) is 0 Å². The van der Waals surface area contributed by atoms with Gasteiger partial charge in [-0.15, -0.1) is 11.3 Å². The van der Waals surface area contributed by atoms with Crippen molar-refractivity contribution in [3.63, 3.8) is 0 Å². The minimum Gasteiger partial charge on any atom is -0.379 e. The fourth-order valence-electron chi connectivity index (χ4n) is 1.95. The highest BCUT2D eigenvalue weighted by Gasteiger charge is 2.20. The van der Waals surface area contributed by atoms with Crippen molar-refractivity contribution in [2.24, 2.45) is 5.73 Å². The molecule has 3 heterocycles. The number of ether oxygens (including phenoxy) is 1. The molecule has 1 saturated heterocycles. The lowest BCUT2D eigenvalue weighted by Gasteiger charge is -2.27. The van der Waals surface area contributed by atoms with E-state index in [2.05, 4.69) is 20.0 Å². The van der Waals surface area contributed by atoms with E-state index in [4.69, 9.17) is 15.0 Å². The third-order valence-electron chi connectivity index (χ3n) is 2.98. The Labute approximate surface area is 114 Å². The molecule has 0 aliphatic carbocycles. The molecule has 2 aromatic rings. The second kappa shape index (κ2) is 5.74. The molecule has 2 aromatic heterocycles. The fraction of sp³-hybridized carbons (Fsp3) is 0.545. The highest BCUT2D eigenvalue weighted by Crippen LogP contribution is 2.18. The van der Waals surface area contributed by atoms with E-state index in [0.29, 0.717) is 24.0 Å². The molecule has 102 valence electrons. The summed E-state index contributed by atoms with van der Waals surface area (Å²) in [4.78, 5) is 10.7. The van der Waals surface area contributed by atoms with E-state index in [1.165, 1.54) is 11.3 Å². The Morgan fingerprint density at radius 2 is 2.26 bits per heavy atom. The highest BCUT2D eigenvalue weighted by atomic mass is 32.1. The normalized spacial score (nSPS) is 18.6. The largest absolute Gasteiger partial charge is 0.379 e. The Bertz CT molecular complexity index is 509. The van der Waals surface area contributed by atoms with Gasteiger partial charge in [-0.1, -0.05) is 5.16 Å². The molecule has 1 aliphatic heterocycles. The van der Waals surface area contributed by atoms with Gasteiger partial charge in [-0.25, -0.2) is 4.98 Å². The lowest BCUT2D eigenvalue weighted by molar-refractivity contribution is 0.0348. The molecule has 0 radical (unpaired) electrons. The summed E-state index contributed by atoms with van der Waals surface area (Å²) in [7, 11) is 0. The molecule has 0 aromatic carbocycles. The number of morpholine rings is 1. The van der Waals surface area contributed by atoms with Crippen LogP contribution in [0.2, 0.25) is 0 Å². The van der Waals surface area contributed by atoms with Gasteiger partial charge in [-0.05, 0) is 0 Å². The van der Waals surface area contributed by atoms with Crippen LogP contribution in [0, 0.1) is 0 Å². The molecule has 1 fully saturated rings. The molecule has 2 N–H and O–H groups in total. The van der Waals surface area contributed by atoms with Crippen LogP contribution in [-0.2, 0) is 4.74 Å². The lowest BCUT2D eigenvalue weighted by atomic mass is 10.2. The summed E-state index contributed by atoms with van der Waals surface area (Å²) in [5, 5.41) is 5.80. The molecule has 7 nitrogen and oxygen atoms in total. The van der Waals surface area contributed by atoms with Crippen LogP contribution in [0.4, 0.5) is 0 Å². The Morgan fingerprint density at radius 1 is 1.42 bits per heavy atom. The Balaban J connectivity index is 1.65. The van der Waals surface area contributed by atoms with Crippen LogP contribution in [0.15, 0.2) is 15.4 Å². The maximum absolute atomic E-state index is 6.11. The molecule has 0 bridgehead atoms. The summed E-state index contributed by atoms with van der Waals surface area (Å²) < 4.78 is 10.5. The quantitative estimate of drug-likeness (QED) is 0.873. The maximum atomic E-state index is 6.11. The number of thiazole rings is 1. The van der Waals surface area contributed by atoms with Crippen molar-refractivity contribution in [3.8, 4) is 11.6 Å². The first kappa shape index (κ1) is 12.7. The van der Waals surface area contributed by atoms with Crippen molar-refractivity contribution in [2.45, 2.75) is 6.04 Å². The fourth-order valence-corrected chi connectivity index (χ4v) is 2.48. The first-order valence-electron chi connectivity index (χ1n) is 6.11. The number of hydrogen-bond donors (Lipinski definition) is 1. The van der Waals surface area contributed by atoms with Crippen LogP contribution in [0.25, 0.3) is 11.6 Å². The van der Waals surface area contributed by atoms with Crippen molar-refractivity contribution in [3.05, 3.63) is 16.7 Å². The van der Waals surface area contributed by atoms with Crippen molar-refractivity contribution >= 4 is 11.3 Å². The van der Waals surface area contributed by atoms with E-state index in [1.807, 2.05) is 5.38 Å². The Morgan fingerprint density at radius 3 is 3.00 bits per heavy atom. The molecule has 3 rings (SSSR count). The number of hydrogen-bond acceptors (Lipinski definition) is 8. The number of rotatable bonds is 4. The molecular weight excluding hydrogens is 266 g/mol. The molecule has 1 atom stereocenters. The van der Waals surface area contributed by atoms with Gasteiger partial charge in [0.15, 0.2) is 5.82 Å². The van der Waals surface area contributed by atoms with E-state index in [1.54, 1.807) is 5.51 Å². The zero-order valence-electron chi connectivity index (χ0n) is 10.4. The SMILES string of the molecule is NC(CN1CCOCC1)c1noc(-c2cscn2)n1. The first-order valence-corrected chi connectivity index (χ1v) is 7.05. The van der Waals surface area contributed by atoms with E-state index in [0.717, 1.165) is 26.3 Å². The maximum Gasteiger partial charge on any atom is 0.277 e. The van der Waals surface area contributed by atoms with Crippen molar-refractivity contribution in [1.29, 1.82) is 0 Å². The van der Waals surface area contributed by atoms with Crippen LogP contribution < -0.4 is 5.73 Å². The van der Waals surface area contributed by atoms with Gasteiger partial charge < -0.3 is 15.0 Å². The van der Waals surface area contributed by atoms with Gasteiger partial charge >= 0.3 is 0 Å². The second-order valence-electron chi connectivity index (χ2n) is 4.35. The van der Waals surface area contributed by atoms with Crippen molar-refractivity contribution in [1.82, 2.24) is 20.0 Å². The van der Waals surface area contributed by atoms with Gasteiger partial charge in [-0.3, -0.25) is 4.90 Å². The number of nitrogens with zero attached hydrogens (tertiary/aromatic N) is 4. The number of aromatic nitrogens is 3. The van der Waals surface area contributed by atoms with Crippen LogP contribution in [0.5, 0.6) is 0 Å². The third kappa shape index (κ3) is 2.98. The Hall–Kier alpha value is -1.35. The summed E-state index contributed by atoms with van der Waals surface area (Å²) in [5.41, 5.74) is 8.53. The molecule has 0 amide bonds. The van der Waals surface area contributed by atoms with Gasteiger partial charge in [0.25, 0.3) is 5.89 Å². The lowest BCUT2D eigenvalue weighted by Crippen LogP contribution is -2.40. The zero-order valence-corrected chi connectivity index (χ0v) is 11.2. The molecule has 19 heavy (non-hydrogen) atoms. The van der Waals surface area contributed by atoms with Gasteiger partial charge in [0, 0.05) is 25.0 Å². The molecule has 0 saturated carbocycles. The standard InChI is InChI=1S/C11H15N5O2S/c12-8(5-16-1-3-17-4-2-16)10-14-11(18-15-10)9-6-19-7-13-9/h6-8H,1-5,12H2. The van der Waals surface area contributed by atoms with E-state index >= 15 is 0 Å². The Kier molecular flexibility index (Phi) is 3.83.